The molecule has 0 aromatic heterocycles. The SMILES string of the molecule is COc1cc(CC2CCNC2)c(O)c(C(F)F)c1. The van der Waals surface area contributed by atoms with E-state index < -0.39 is 6.43 Å². The average Bonchev–Trinajstić information content (AvgIpc) is 2.84. The molecule has 5 heteroatoms. The summed E-state index contributed by atoms with van der Waals surface area (Å²) in [4.78, 5) is 0. The van der Waals surface area contributed by atoms with Crippen LogP contribution in [0.3, 0.4) is 0 Å². The molecule has 100 valence electrons. The van der Waals surface area contributed by atoms with E-state index in [1.54, 1.807) is 6.07 Å². The van der Waals surface area contributed by atoms with Gasteiger partial charge in [-0.2, -0.15) is 0 Å². The van der Waals surface area contributed by atoms with E-state index in [0.29, 0.717) is 23.7 Å². The zero-order valence-corrected chi connectivity index (χ0v) is 10.2. The zero-order chi connectivity index (χ0) is 13.1. The highest BCUT2D eigenvalue weighted by molar-refractivity contribution is 5.47. The Morgan fingerprint density at radius 2 is 2.28 bits per heavy atom. The second-order valence-electron chi connectivity index (χ2n) is 4.59. The van der Waals surface area contributed by atoms with E-state index in [4.69, 9.17) is 4.74 Å². The maximum Gasteiger partial charge on any atom is 0.267 e. The summed E-state index contributed by atoms with van der Waals surface area (Å²) in [6.45, 7) is 1.80. The van der Waals surface area contributed by atoms with Crippen LogP contribution < -0.4 is 10.1 Å². The van der Waals surface area contributed by atoms with E-state index in [0.717, 1.165) is 19.5 Å². The molecule has 0 amide bonds. The third-order valence-electron chi connectivity index (χ3n) is 3.33. The molecule has 1 fully saturated rings. The fraction of sp³-hybridized carbons (Fsp3) is 0.538. The van der Waals surface area contributed by atoms with Crippen LogP contribution in [0, 0.1) is 5.92 Å². The largest absolute Gasteiger partial charge is 0.507 e. The van der Waals surface area contributed by atoms with E-state index in [-0.39, 0.29) is 11.3 Å². The van der Waals surface area contributed by atoms with Crippen molar-refractivity contribution in [2.45, 2.75) is 19.3 Å². The minimum atomic E-state index is -2.69. The van der Waals surface area contributed by atoms with Crippen molar-refractivity contribution in [3.8, 4) is 11.5 Å². The summed E-state index contributed by atoms with van der Waals surface area (Å²) in [5, 5.41) is 13.1. The minimum Gasteiger partial charge on any atom is -0.507 e. The molecular weight excluding hydrogens is 240 g/mol. The van der Waals surface area contributed by atoms with Gasteiger partial charge >= 0.3 is 0 Å². The summed E-state index contributed by atoms with van der Waals surface area (Å²) in [6.07, 6.45) is -1.10. The van der Waals surface area contributed by atoms with Crippen LogP contribution in [-0.2, 0) is 6.42 Å². The maximum absolute atomic E-state index is 12.8. The number of nitrogens with one attached hydrogen (secondary N) is 1. The molecule has 2 N–H and O–H groups in total. The number of methoxy groups -OCH3 is 1. The lowest BCUT2D eigenvalue weighted by molar-refractivity contribution is 0.146. The summed E-state index contributed by atoms with van der Waals surface area (Å²) >= 11 is 0. The minimum absolute atomic E-state index is 0.294. The first kappa shape index (κ1) is 13.1. The van der Waals surface area contributed by atoms with Gasteiger partial charge in [0.2, 0.25) is 0 Å². The molecule has 3 nitrogen and oxygen atoms in total. The molecule has 1 aliphatic heterocycles. The van der Waals surface area contributed by atoms with Crippen LogP contribution in [0.15, 0.2) is 12.1 Å². The van der Waals surface area contributed by atoms with Gasteiger partial charge in [0.1, 0.15) is 11.5 Å². The van der Waals surface area contributed by atoms with E-state index in [1.807, 2.05) is 0 Å². The van der Waals surface area contributed by atoms with Crippen molar-refractivity contribution in [1.29, 1.82) is 0 Å². The number of benzene rings is 1. The quantitative estimate of drug-likeness (QED) is 0.870. The van der Waals surface area contributed by atoms with E-state index in [9.17, 15) is 13.9 Å². The van der Waals surface area contributed by atoms with Crippen molar-refractivity contribution in [2.75, 3.05) is 20.2 Å². The van der Waals surface area contributed by atoms with Gasteiger partial charge in [-0.3, -0.25) is 0 Å². The molecule has 1 aromatic rings. The molecule has 0 radical (unpaired) electrons. The van der Waals surface area contributed by atoms with Gasteiger partial charge in [-0.05, 0) is 49.5 Å². The van der Waals surface area contributed by atoms with Crippen molar-refractivity contribution in [3.05, 3.63) is 23.3 Å². The number of rotatable bonds is 4. The zero-order valence-electron chi connectivity index (χ0n) is 10.2. The molecule has 1 atom stereocenters. The fourth-order valence-electron chi connectivity index (χ4n) is 2.33. The fourth-order valence-corrected chi connectivity index (χ4v) is 2.33. The summed E-state index contributed by atoms with van der Waals surface area (Å²) in [5.74, 6) is 0.454. The van der Waals surface area contributed by atoms with Gasteiger partial charge in [-0.25, -0.2) is 8.78 Å². The Hall–Kier alpha value is -1.36. The van der Waals surface area contributed by atoms with Crippen molar-refractivity contribution in [1.82, 2.24) is 5.32 Å². The van der Waals surface area contributed by atoms with Gasteiger partial charge in [0, 0.05) is 0 Å². The topological polar surface area (TPSA) is 41.5 Å². The molecule has 0 spiro atoms. The van der Waals surface area contributed by atoms with Gasteiger partial charge in [-0.1, -0.05) is 0 Å². The molecule has 18 heavy (non-hydrogen) atoms. The van der Waals surface area contributed by atoms with Crippen LogP contribution in [0.4, 0.5) is 8.78 Å². The Morgan fingerprint density at radius 3 is 2.83 bits per heavy atom. The Labute approximate surface area is 105 Å². The molecule has 1 saturated heterocycles. The lowest BCUT2D eigenvalue weighted by Crippen LogP contribution is -2.11. The van der Waals surface area contributed by atoms with Gasteiger partial charge < -0.3 is 15.2 Å². The first-order chi connectivity index (χ1) is 8.61. The number of ether oxygens (including phenoxy) is 1. The second-order valence-corrected chi connectivity index (χ2v) is 4.59. The van der Waals surface area contributed by atoms with Crippen molar-refractivity contribution >= 4 is 0 Å². The smallest absolute Gasteiger partial charge is 0.267 e. The lowest BCUT2D eigenvalue weighted by atomic mass is 9.96. The third-order valence-corrected chi connectivity index (χ3v) is 3.33. The Morgan fingerprint density at radius 1 is 1.50 bits per heavy atom. The number of hydrogen-bond acceptors (Lipinski definition) is 3. The van der Waals surface area contributed by atoms with Gasteiger partial charge in [0.15, 0.2) is 0 Å². The van der Waals surface area contributed by atoms with E-state index in [1.165, 1.54) is 13.2 Å². The second kappa shape index (κ2) is 5.52. The molecule has 1 aromatic carbocycles. The monoisotopic (exact) mass is 257 g/mol. The Kier molecular flexibility index (Phi) is 4.01. The molecule has 0 bridgehead atoms. The summed E-state index contributed by atoms with van der Waals surface area (Å²) in [5.41, 5.74) is 0.189. The van der Waals surface area contributed by atoms with Gasteiger partial charge in [-0.15, -0.1) is 0 Å². The van der Waals surface area contributed by atoms with Crippen LogP contribution in [-0.4, -0.2) is 25.3 Å². The number of halogens is 2. The predicted octanol–water partition coefficient (Wildman–Crippen LogP) is 2.49. The number of alkyl halides is 2. The highest BCUT2D eigenvalue weighted by Crippen LogP contribution is 2.36. The predicted molar refractivity (Wildman–Crippen MR) is 64.3 cm³/mol. The highest BCUT2D eigenvalue weighted by atomic mass is 19.3. The number of hydrogen-bond donors (Lipinski definition) is 2. The molecule has 0 saturated carbocycles. The Balaban J connectivity index is 2.29. The van der Waals surface area contributed by atoms with Crippen molar-refractivity contribution in [3.63, 3.8) is 0 Å². The third kappa shape index (κ3) is 2.72. The summed E-state index contributed by atoms with van der Waals surface area (Å²) < 4.78 is 30.6. The van der Waals surface area contributed by atoms with Crippen LogP contribution in [0.25, 0.3) is 0 Å². The van der Waals surface area contributed by atoms with Gasteiger partial charge in [0.05, 0.1) is 12.7 Å². The number of phenols is 1. The number of aromatic hydroxyl groups is 1. The van der Waals surface area contributed by atoms with Crippen molar-refractivity contribution in [2.24, 2.45) is 5.92 Å². The van der Waals surface area contributed by atoms with Crippen LogP contribution >= 0.6 is 0 Å². The van der Waals surface area contributed by atoms with E-state index in [2.05, 4.69) is 5.32 Å². The first-order valence-electron chi connectivity index (χ1n) is 6.00. The van der Waals surface area contributed by atoms with Crippen molar-refractivity contribution < 1.29 is 18.6 Å². The molecule has 1 unspecified atom stereocenters. The van der Waals surface area contributed by atoms with Crippen LogP contribution in [0.1, 0.15) is 24.0 Å². The summed E-state index contributed by atoms with van der Waals surface area (Å²) in [7, 11) is 1.43. The van der Waals surface area contributed by atoms with Crippen LogP contribution in [0.2, 0.25) is 0 Å². The lowest BCUT2D eigenvalue weighted by Gasteiger charge is -2.14. The van der Waals surface area contributed by atoms with E-state index >= 15 is 0 Å². The molecule has 2 rings (SSSR count). The molecule has 1 aliphatic rings. The molecular formula is C13H17F2NO2. The standard InChI is InChI=1S/C13H17F2NO2/c1-18-10-5-9(4-8-2-3-16-7-8)12(17)11(6-10)13(14)15/h5-6,8,13,16-17H,2-4,7H2,1H3. The average molecular weight is 257 g/mol. The molecule has 1 heterocycles. The molecule has 0 aliphatic carbocycles. The highest BCUT2D eigenvalue weighted by Gasteiger charge is 2.21. The number of phenolic OH excluding ortho intramolecular Hbond substituents is 1. The van der Waals surface area contributed by atoms with Gasteiger partial charge in [0.25, 0.3) is 6.43 Å². The summed E-state index contributed by atoms with van der Waals surface area (Å²) in [6, 6.07) is 2.83. The first-order valence-corrected chi connectivity index (χ1v) is 6.00. The Bertz CT molecular complexity index is 418. The normalized spacial score (nSPS) is 19.4. The maximum atomic E-state index is 12.8. The van der Waals surface area contributed by atoms with Crippen LogP contribution in [0.5, 0.6) is 11.5 Å².